The molecule has 0 amide bonds. The quantitative estimate of drug-likeness (QED) is 0.313. The Hall–Kier alpha value is -2.35. The Morgan fingerprint density at radius 1 is 0.964 bits per heavy atom. The molecule has 1 aromatic heterocycles. The van der Waals surface area contributed by atoms with E-state index in [1.807, 2.05) is 19.3 Å². The molecule has 0 radical (unpaired) electrons. The normalized spacial score (nSPS) is 11.0. The van der Waals surface area contributed by atoms with Crippen LogP contribution in [0, 0.1) is 13.8 Å². The molecule has 0 spiro atoms. The number of benzene rings is 2. The van der Waals surface area contributed by atoms with Crippen molar-refractivity contribution < 1.29 is 0 Å². The topological polar surface area (TPSA) is 54.2 Å². The van der Waals surface area contributed by atoms with Crippen LogP contribution in [0.5, 0.6) is 0 Å². The highest BCUT2D eigenvalue weighted by Crippen LogP contribution is 2.09. The van der Waals surface area contributed by atoms with Crippen molar-refractivity contribution in [2.45, 2.75) is 33.5 Å². The lowest BCUT2D eigenvalue weighted by Gasteiger charge is -2.13. The zero-order valence-corrected chi connectivity index (χ0v) is 19.0. The Balaban J connectivity index is 0.00000280. The molecule has 148 valence electrons. The lowest BCUT2D eigenvalue weighted by atomic mass is 10.1. The molecule has 0 unspecified atom stereocenters. The summed E-state index contributed by atoms with van der Waals surface area (Å²) in [6.45, 7) is 6.44. The number of aromatic nitrogens is 2. The van der Waals surface area contributed by atoms with Gasteiger partial charge in [-0.15, -0.1) is 24.0 Å². The Kier molecular flexibility index (Phi) is 8.50. The highest BCUT2D eigenvalue weighted by Gasteiger charge is 2.02. The van der Waals surface area contributed by atoms with Crippen molar-refractivity contribution in [3.63, 3.8) is 0 Å². The van der Waals surface area contributed by atoms with Crippen LogP contribution < -0.4 is 10.6 Å². The number of nitrogens with zero attached hydrogens (tertiary/aromatic N) is 3. The van der Waals surface area contributed by atoms with Gasteiger partial charge in [-0.05, 0) is 30.5 Å². The molecule has 0 atom stereocenters. The molecule has 5 nitrogen and oxygen atoms in total. The first-order chi connectivity index (χ1) is 13.1. The average Bonchev–Trinajstić information content (AvgIpc) is 3.07. The number of imidazole rings is 1. The molecule has 0 bridgehead atoms. The summed E-state index contributed by atoms with van der Waals surface area (Å²) in [6.07, 6.45) is 3.85. The van der Waals surface area contributed by atoms with E-state index in [1.165, 1.54) is 22.3 Å². The van der Waals surface area contributed by atoms with Gasteiger partial charge in [-0.25, -0.2) is 4.98 Å². The van der Waals surface area contributed by atoms with Crippen LogP contribution >= 0.6 is 24.0 Å². The van der Waals surface area contributed by atoms with Gasteiger partial charge >= 0.3 is 0 Å². The summed E-state index contributed by atoms with van der Waals surface area (Å²) in [7, 11) is 1.80. The van der Waals surface area contributed by atoms with Crippen LogP contribution in [-0.2, 0) is 19.6 Å². The van der Waals surface area contributed by atoms with E-state index >= 15 is 0 Å². The largest absolute Gasteiger partial charge is 0.352 e. The summed E-state index contributed by atoms with van der Waals surface area (Å²) in [4.78, 5) is 8.60. The van der Waals surface area contributed by atoms with Gasteiger partial charge in [0.15, 0.2) is 5.96 Å². The van der Waals surface area contributed by atoms with Crippen LogP contribution in [0.2, 0.25) is 0 Å². The van der Waals surface area contributed by atoms with Crippen molar-refractivity contribution in [3.8, 4) is 0 Å². The molecule has 1 heterocycles. The molecule has 3 rings (SSSR count). The predicted molar refractivity (Wildman–Crippen MR) is 126 cm³/mol. The lowest BCUT2D eigenvalue weighted by molar-refractivity contribution is 0.758. The monoisotopic (exact) mass is 489 g/mol. The molecule has 0 aliphatic carbocycles. The van der Waals surface area contributed by atoms with Gasteiger partial charge in [0.25, 0.3) is 0 Å². The molecule has 6 heteroatoms. The van der Waals surface area contributed by atoms with Gasteiger partial charge in [0, 0.05) is 39.1 Å². The van der Waals surface area contributed by atoms with Gasteiger partial charge in [0.2, 0.25) is 0 Å². The number of rotatable bonds is 6. The van der Waals surface area contributed by atoms with Crippen molar-refractivity contribution in [1.82, 2.24) is 20.2 Å². The van der Waals surface area contributed by atoms with E-state index in [2.05, 4.69) is 80.6 Å². The van der Waals surface area contributed by atoms with Crippen molar-refractivity contribution >= 4 is 29.9 Å². The maximum atomic E-state index is 4.32. The van der Waals surface area contributed by atoms with Crippen LogP contribution in [0.15, 0.2) is 65.9 Å². The summed E-state index contributed by atoms with van der Waals surface area (Å²) in [6, 6.07) is 17.1. The van der Waals surface area contributed by atoms with Gasteiger partial charge in [0.1, 0.15) is 5.82 Å². The molecule has 2 N–H and O–H groups in total. The first kappa shape index (κ1) is 21.9. The van der Waals surface area contributed by atoms with Crippen LogP contribution in [0.25, 0.3) is 0 Å². The highest BCUT2D eigenvalue weighted by molar-refractivity contribution is 14.0. The van der Waals surface area contributed by atoms with Gasteiger partial charge in [-0.3, -0.25) is 4.99 Å². The summed E-state index contributed by atoms with van der Waals surface area (Å²) < 4.78 is 2.15. The van der Waals surface area contributed by atoms with E-state index in [4.69, 9.17) is 0 Å². The molecule has 0 saturated heterocycles. The number of guanidine groups is 1. The minimum Gasteiger partial charge on any atom is -0.352 e. The number of halogens is 1. The summed E-state index contributed by atoms with van der Waals surface area (Å²) in [5.41, 5.74) is 5.00. The zero-order chi connectivity index (χ0) is 19.1. The highest BCUT2D eigenvalue weighted by atomic mass is 127. The third-order valence-electron chi connectivity index (χ3n) is 4.49. The van der Waals surface area contributed by atoms with Crippen LogP contribution in [-0.4, -0.2) is 22.6 Å². The fraction of sp³-hybridized carbons (Fsp3) is 0.273. The van der Waals surface area contributed by atoms with Crippen molar-refractivity contribution in [1.29, 1.82) is 0 Å². The van der Waals surface area contributed by atoms with E-state index in [9.17, 15) is 0 Å². The fourth-order valence-electron chi connectivity index (χ4n) is 3.02. The number of nitrogens with one attached hydrogen (secondary N) is 2. The lowest BCUT2D eigenvalue weighted by Crippen LogP contribution is -2.36. The van der Waals surface area contributed by atoms with E-state index in [0.717, 1.165) is 31.4 Å². The number of aryl methyl sites for hydroxylation is 2. The minimum absolute atomic E-state index is 0. The second-order valence-corrected chi connectivity index (χ2v) is 6.69. The molecule has 0 fully saturated rings. The van der Waals surface area contributed by atoms with Gasteiger partial charge in [-0.2, -0.15) is 0 Å². The molecular formula is C22H28IN5. The average molecular weight is 489 g/mol. The van der Waals surface area contributed by atoms with Crippen molar-refractivity contribution in [3.05, 3.63) is 89.0 Å². The molecule has 0 saturated carbocycles. The number of hydrogen-bond donors (Lipinski definition) is 2. The van der Waals surface area contributed by atoms with E-state index in [-0.39, 0.29) is 24.0 Å². The second kappa shape index (κ2) is 10.8. The molecule has 0 aliphatic rings. The minimum atomic E-state index is 0. The van der Waals surface area contributed by atoms with E-state index in [1.54, 1.807) is 7.05 Å². The fourth-order valence-corrected chi connectivity index (χ4v) is 3.02. The van der Waals surface area contributed by atoms with Gasteiger partial charge in [-0.1, -0.05) is 54.1 Å². The number of hydrogen-bond acceptors (Lipinski definition) is 2. The summed E-state index contributed by atoms with van der Waals surface area (Å²) >= 11 is 0. The third-order valence-corrected chi connectivity index (χ3v) is 4.49. The SMILES string of the molecule is CN=C(NCc1cccc(C)c1)NCc1cccc(Cn2ccnc2C)c1.I. The molecule has 2 aromatic carbocycles. The Morgan fingerprint density at radius 3 is 2.21 bits per heavy atom. The zero-order valence-electron chi connectivity index (χ0n) is 16.6. The van der Waals surface area contributed by atoms with Crippen LogP contribution in [0.4, 0.5) is 0 Å². The predicted octanol–water partition coefficient (Wildman–Crippen LogP) is 4.03. The third kappa shape index (κ3) is 6.37. The Labute approximate surface area is 184 Å². The first-order valence-electron chi connectivity index (χ1n) is 9.19. The standard InChI is InChI=1S/C22H27N5.HI/c1-17-6-4-7-19(12-17)14-25-22(23-3)26-15-20-8-5-9-21(13-20)16-27-11-10-24-18(27)2;/h4-13H,14-16H2,1-3H3,(H2,23,25,26);1H. The Morgan fingerprint density at radius 2 is 1.61 bits per heavy atom. The second-order valence-electron chi connectivity index (χ2n) is 6.69. The van der Waals surface area contributed by atoms with Crippen molar-refractivity contribution in [2.75, 3.05) is 7.05 Å². The van der Waals surface area contributed by atoms with Gasteiger partial charge < -0.3 is 15.2 Å². The molecule has 0 aliphatic heterocycles. The molecular weight excluding hydrogens is 461 g/mol. The molecule has 28 heavy (non-hydrogen) atoms. The van der Waals surface area contributed by atoms with Gasteiger partial charge in [0.05, 0.1) is 0 Å². The van der Waals surface area contributed by atoms with Crippen LogP contribution in [0.3, 0.4) is 0 Å². The Bertz CT molecular complexity index is 917. The summed E-state index contributed by atoms with van der Waals surface area (Å²) in [5.74, 6) is 1.83. The number of aliphatic imine (C=N–C) groups is 1. The first-order valence-corrected chi connectivity index (χ1v) is 9.19. The van der Waals surface area contributed by atoms with E-state index in [0.29, 0.717) is 0 Å². The maximum Gasteiger partial charge on any atom is 0.191 e. The van der Waals surface area contributed by atoms with Crippen molar-refractivity contribution in [2.24, 2.45) is 4.99 Å². The van der Waals surface area contributed by atoms with Crippen LogP contribution in [0.1, 0.15) is 28.1 Å². The maximum absolute atomic E-state index is 4.32. The summed E-state index contributed by atoms with van der Waals surface area (Å²) in [5, 5.41) is 6.76. The van der Waals surface area contributed by atoms with E-state index < -0.39 is 0 Å². The smallest absolute Gasteiger partial charge is 0.191 e. The molecule has 3 aromatic rings.